The highest BCUT2D eigenvalue weighted by Crippen LogP contribution is 2.41. The average Bonchev–Trinajstić information content (AvgIpc) is 2.62. The molecule has 0 bridgehead atoms. The zero-order valence-electron chi connectivity index (χ0n) is 17.7. The van der Waals surface area contributed by atoms with Crippen molar-refractivity contribution in [1.82, 2.24) is 0 Å². The molecule has 0 aliphatic carbocycles. The van der Waals surface area contributed by atoms with Gasteiger partial charge in [-0.2, -0.15) is 0 Å². The molecule has 28 heavy (non-hydrogen) atoms. The molecule has 0 saturated carbocycles. The van der Waals surface area contributed by atoms with Crippen LogP contribution >= 0.6 is 0 Å². The standard InChI is InChI=1S/C24H32N2O2/c1-16(2)26-13-11-24(4,5)21-15-19(17(3)14-22(21)26)10-12-25-20-8-6-18(7-9-20)23(27)28/h6-9,14-16,25H,10-13H2,1-5H3,(H,27,28). The summed E-state index contributed by atoms with van der Waals surface area (Å²) in [4.78, 5) is 13.5. The van der Waals surface area contributed by atoms with Crippen molar-refractivity contribution in [3.8, 4) is 0 Å². The van der Waals surface area contributed by atoms with Gasteiger partial charge in [-0.3, -0.25) is 0 Å². The first-order chi connectivity index (χ1) is 13.2. The molecule has 1 aliphatic heterocycles. The van der Waals surface area contributed by atoms with Gasteiger partial charge in [0.15, 0.2) is 0 Å². The van der Waals surface area contributed by atoms with Crippen molar-refractivity contribution in [3.63, 3.8) is 0 Å². The third kappa shape index (κ3) is 4.16. The van der Waals surface area contributed by atoms with Gasteiger partial charge < -0.3 is 15.3 Å². The molecule has 3 rings (SSSR count). The summed E-state index contributed by atoms with van der Waals surface area (Å²) in [5.41, 5.74) is 7.03. The van der Waals surface area contributed by atoms with Crippen molar-refractivity contribution in [1.29, 1.82) is 0 Å². The third-order valence-electron chi connectivity index (χ3n) is 5.95. The van der Waals surface area contributed by atoms with Gasteiger partial charge in [-0.25, -0.2) is 4.79 Å². The molecule has 0 aromatic heterocycles. The number of rotatable bonds is 6. The minimum absolute atomic E-state index is 0.198. The first-order valence-corrected chi connectivity index (χ1v) is 10.2. The summed E-state index contributed by atoms with van der Waals surface area (Å²) in [5.74, 6) is -0.894. The fraction of sp³-hybridized carbons (Fsp3) is 0.458. The summed E-state index contributed by atoms with van der Waals surface area (Å²) < 4.78 is 0. The number of nitrogens with zero attached hydrogens (tertiary/aromatic N) is 1. The van der Waals surface area contributed by atoms with Crippen molar-refractivity contribution < 1.29 is 9.90 Å². The van der Waals surface area contributed by atoms with Crippen molar-refractivity contribution in [2.24, 2.45) is 0 Å². The summed E-state index contributed by atoms with van der Waals surface area (Å²) in [6, 6.07) is 12.2. The van der Waals surface area contributed by atoms with Gasteiger partial charge in [0.05, 0.1) is 5.56 Å². The highest BCUT2D eigenvalue weighted by atomic mass is 16.4. The number of carboxylic acids is 1. The maximum Gasteiger partial charge on any atom is 0.335 e. The summed E-state index contributed by atoms with van der Waals surface area (Å²) in [6.07, 6.45) is 2.12. The van der Waals surface area contributed by atoms with Gasteiger partial charge in [-0.15, -0.1) is 0 Å². The lowest BCUT2D eigenvalue weighted by atomic mass is 9.76. The van der Waals surface area contributed by atoms with Gasteiger partial charge in [-0.05, 0) is 86.1 Å². The van der Waals surface area contributed by atoms with Crippen molar-refractivity contribution in [3.05, 3.63) is 58.7 Å². The Labute approximate surface area is 168 Å². The number of aryl methyl sites for hydroxylation is 1. The Morgan fingerprint density at radius 1 is 1.21 bits per heavy atom. The predicted molar refractivity (Wildman–Crippen MR) is 117 cm³/mol. The van der Waals surface area contributed by atoms with Crippen LogP contribution < -0.4 is 10.2 Å². The van der Waals surface area contributed by atoms with E-state index in [9.17, 15) is 4.79 Å². The van der Waals surface area contributed by atoms with Crippen LogP contribution in [0.4, 0.5) is 11.4 Å². The molecule has 1 aliphatic rings. The van der Waals surface area contributed by atoms with E-state index < -0.39 is 5.97 Å². The second kappa shape index (κ2) is 7.86. The molecule has 0 amide bonds. The molecule has 150 valence electrons. The zero-order chi connectivity index (χ0) is 20.5. The number of anilines is 2. The number of hydrogen-bond acceptors (Lipinski definition) is 3. The van der Waals surface area contributed by atoms with Crippen LogP contribution in [0.15, 0.2) is 36.4 Å². The lowest BCUT2D eigenvalue weighted by Crippen LogP contribution is -2.41. The van der Waals surface area contributed by atoms with Crippen LogP contribution in [0.2, 0.25) is 0 Å². The molecule has 1 heterocycles. The molecule has 2 N–H and O–H groups in total. The van der Waals surface area contributed by atoms with Gasteiger partial charge >= 0.3 is 5.97 Å². The Morgan fingerprint density at radius 2 is 1.89 bits per heavy atom. The van der Waals surface area contributed by atoms with Crippen molar-refractivity contribution in [2.45, 2.75) is 58.9 Å². The molecule has 0 atom stereocenters. The number of nitrogens with one attached hydrogen (secondary N) is 1. The van der Waals surface area contributed by atoms with E-state index >= 15 is 0 Å². The highest BCUT2D eigenvalue weighted by Gasteiger charge is 2.32. The SMILES string of the molecule is Cc1cc2c(cc1CCNc1ccc(C(=O)O)cc1)C(C)(C)CCN2C(C)C. The van der Waals surface area contributed by atoms with E-state index in [0.29, 0.717) is 11.6 Å². The second-order valence-electron chi connectivity index (χ2n) is 8.78. The molecular formula is C24H32N2O2. The van der Waals surface area contributed by atoms with Crippen molar-refractivity contribution in [2.75, 3.05) is 23.3 Å². The largest absolute Gasteiger partial charge is 0.478 e. The van der Waals surface area contributed by atoms with E-state index in [2.05, 4.69) is 57.0 Å². The number of aromatic carboxylic acids is 1. The minimum atomic E-state index is -0.894. The van der Waals surface area contributed by atoms with Crippen LogP contribution in [0.25, 0.3) is 0 Å². The molecule has 0 saturated heterocycles. The van der Waals surface area contributed by atoms with Crippen molar-refractivity contribution >= 4 is 17.3 Å². The average molecular weight is 381 g/mol. The molecule has 0 fully saturated rings. The predicted octanol–water partition coefficient (Wildman–Crippen LogP) is 5.24. The Balaban J connectivity index is 1.75. The van der Waals surface area contributed by atoms with Crippen LogP contribution in [0, 0.1) is 6.92 Å². The molecule has 0 spiro atoms. The van der Waals surface area contributed by atoms with E-state index in [1.54, 1.807) is 12.1 Å². The highest BCUT2D eigenvalue weighted by molar-refractivity contribution is 5.88. The second-order valence-corrected chi connectivity index (χ2v) is 8.78. The molecule has 4 nitrogen and oxygen atoms in total. The summed E-state index contributed by atoms with van der Waals surface area (Å²) >= 11 is 0. The first-order valence-electron chi connectivity index (χ1n) is 10.2. The van der Waals surface area contributed by atoms with Gasteiger partial charge in [0.1, 0.15) is 0 Å². The van der Waals surface area contributed by atoms with Crippen LogP contribution in [0.5, 0.6) is 0 Å². The Bertz CT molecular complexity index is 854. The Kier molecular flexibility index (Phi) is 5.69. The lowest BCUT2D eigenvalue weighted by molar-refractivity contribution is 0.0697. The molecule has 2 aromatic carbocycles. The van der Waals surface area contributed by atoms with E-state index in [-0.39, 0.29) is 5.41 Å². The third-order valence-corrected chi connectivity index (χ3v) is 5.95. The van der Waals surface area contributed by atoms with Crippen LogP contribution in [-0.4, -0.2) is 30.2 Å². The molecular weight excluding hydrogens is 348 g/mol. The molecule has 4 heteroatoms. The van der Waals surface area contributed by atoms with Gasteiger partial charge in [-0.1, -0.05) is 19.9 Å². The smallest absolute Gasteiger partial charge is 0.335 e. The summed E-state index contributed by atoms with van der Waals surface area (Å²) in [7, 11) is 0. The summed E-state index contributed by atoms with van der Waals surface area (Å²) in [6.45, 7) is 13.4. The summed E-state index contributed by atoms with van der Waals surface area (Å²) in [5, 5.41) is 12.4. The Morgan fingerprint density at radius 3 is 2.50 bits per heavy atom. The maximum absolute atomic E-state index is 11.0. The molecule has 2 aromatic rings. The molecule has 0 radical (unpaired) electrons. The van der Waals surface area contributed by atoms with E-state index in [0.717, 1.165) is 25.2 Å². The number of benzene rings is 2. The lowest BCUT2D eigenvalue weighted by Gasteiger charge is -2.43. The number of fused-ring (bicyclic) bond motifs is 1. The van der Waals surface area contributed by atoms with Crippen LogP contribution in [0.3, 0.4) is 0 Å². The van der Waals surface area contributed by atoms with Gasteiger partial charge in [0.25, 0.3) is 0 Å². The number of carboxylic acid groups (broad SMARTS) is 1. The van der Waals surface area contributed by atoms with Crippen LogP contribution in [-0.2, 0) is 11.8 Å². The quantitative estimate of drug-likeness (QED) is 0.719. The van der Waals surface area contributed by atoms with Gasteiger partial charge in [0.2, 0.25) is 0 Å². The number of carbonyl (C=O) groups is 1. The molecule has 0 unspecified atom stereocenters. The minimum Gasteiger partial charge on any atom is -0.478 e. The maximum atomic E-state index is 11.0. The van der Waals surface area contributed by atoms with E-state index in [4.69, 9.17) is 5.11 Å². The number of hydrogen-bond donors (Lipinski definition) is 2. The Hall–Kier alpha value is -2.49. The fourth-order valence-electron chi connectivity index (χ4n) is 4.05. The van der Waals surface area contributed by atoms with Gasteiger partial charge in [0, 0.05) is 30.5 Å². The normalized spacial score (nSPS) is 15.4. The monoisotopic (exact) mass is 380 g/mol. The fourth-order valence-corrected chi connectivity index (χ4v) is 4.05. The van der Waals surface area contributed by atoms with Crippen LogP contribution in [0.1, 0.15) is 61.2 Å². The van der Waals surface area contributed by atoms with E-state index in [1.165, 1.54) is 28.8 Å². The topological polar surface area (TPSA) is 52.6 Å². The van der Waals surface area contributed by atoms with E-state index in [1.807, 2.05) is 12.1 Å². The first kappa shape index (κ1) is 20.2. The zero-order valence-corrected chi connectivity index (χ0v) is 17.7.